The van der Waals surface area contributed by atoms with Gasteiger partial charge in [0.2, 0.25) is 0 Å². The van der Waals surface area contributed by atoms with Crippen LogP contribution in [0.15, 0.2) is 58.1 Å². The van der Waals surface area contributed by atoms with Crippen molar-refractivity contribution in [3.63, 3.8) is 0 Å². The number of amides is 2. The van der Waals surface area contributed by atoms with E-state index in [2.05, 4.69) is 21.0 Å². The summed E-state index contributed by atoms with van der Waals surface area (Å²) >= 11 is 3.50. The topological polar surface area (TPSA) is 106 Å². The van der Waals surface area contributed by atoms with Crippen molar-refractivity contribution in [3.8, 4) is 11.5 Å². The molecule has 0 radical (unpaired) electrons. The van der Waals surface area contributed by atoms with E-state index in [1.807, 2.05) is 19.1 Å². The highest BCUT2D eigenvalue weighted by Gasteiger charge is 2.59. The maximum Gasteiger partial charge on any atom is 0.335 e. The molecule has 5 rings (SSSR count). The first-order chi connectivity index (χ1) is 16.9. The molecular formula is C26H23BrN2O6. The van der Waals surface area contributed by atoms with Crippen LogP contribution in [0.4, 0.5) is 0 Å². The van der Waals surface area contributed by atoms with Crippen LogP contribution in [0, 0.1) is 23.7 Å². The SMILES string of the molecule is CCOc1cc(C=NN2C(=O)[C@@H]3[C@H](C2=O)[C@H]2C=C[C@H]3C2)c(Br)cc1OCc1cccc(C(=O)O)c1. The first kappa shape index (κ1) is 23.3. The molecule has 2 fully saturated rings. The van der Waals surface area contributed by atoms with Crippen molar-refractivity contribution < 1.29 is 29.0 Å². The minimum atomic E-state index is -1.00. The molecule has 1 N–H and O–H groups in total. The number of rotatable bonds is 8. The average Bonchev–Trinajstić information content (AvgIpc) is 3.52. The molecule has 0 aromatic heterocycles. The van der Waals surface area contributed by atoms with E-state index < -0.39 is 5.97 Å². The molecule has 2 aromatic rings. The molecule has 1 saturated heterocycles. The second-order valence-corrected chi connectivity index (χ2v) is 9.63. The summed E-state index contributed by atoms with van der Waals surface area (Å²) in [6, 6.07) is 9.96. The third-order valence-electron chi connectivity index (χ3n) is 6.69. The van der Waals surface area contributed by atoms with Gasteiger partial charge in [0.15, 0.2) is 11.5 Å². The number of carboxylic acid groups (broad SMARTS) is 1. The molecule has 4 atom stereocenters. The summed E-state index contributed by atoms with van der Waals surface area (Å²) < 4.78 is 12.3. The number of nitrogens with zero attached hydrogens (tertiary/aromatic N) is 2. The summed E-state index contributed by atoms with van der Waals surface area (Å²) in [7, 11) is 0. The molecule has 180 valence electrons. The zero-order valence-corrected chi connectivity index (χ0v) is 20.5. The first-order valence-electron chi connectivity index (χ1n) is 11.4. The lowest BCUT2D eigenvalue weighted by atomic mass is 9.85. The van der Waals surface area contributed by atoms with Crippen LogP contribution in [0.2, 0.25) is 0 Å². The average molecular weight is 539 g/mol. The Hall–Kier alpha value is -3.46. The molecule has 2 aliphatic carbocycles. The maximum absolute atomic E-state index is 12.9. The first-order valence-corrected chi connectivity index (χ1v) is 12.2. The van der Waals surface area contributed by atoms with Gasteiger partial charge >= 0.3 is 5.97 Å². The van der Waals surface area contributed by atoms with Crippen molar-refractivity contribution in [1.29, 1.82) is 0 Å². The van der Waals surface area contributed by atoms with Gasteiger partial charge in [-0.3, -0.25) is 9.59 Å². The molecular weight excluding hydrogens is 516 g/mol. The Morgan fingerprint density at radius 1 is 1.11 bits per heavy atom. The number of imide groups is 1. The standard InChI is InChI=1S/C26H23BrN2O6/c1-2-34-20-10-18(12-28-29-24(30)22-15-6-7-16(9-15)23(22)25(29)31)19(27)11-21(20)35-13-14-4-3-5-17(8-14)26(32)33/h3-8,10-12,15-16,22-23H,2,9,13H2,1H3,(H,32,33)/t15-,16-,22-,23+/m0/s1. The molecule has 0 unspecified atom stereocenters. The number of ether oxygens (including phenoxy) is 2. The Morgan fingerprint density at radius 2 is 1.80 bits per heavy atom. The predicted molar refractivity (Wildman–Crippen MR) is 130 cm³/mol. The van der Waals surface area contributed by atoms with Crippen LogP contribution in [-0.4, -0.2) is 40.7 Å². The van der Waals surface area contributed by atoms with Crippen LogP contribution < -0.4 is 9.47 Å². The lowest BCUT2D eigenvalue weighted by Crippen LogP contribution is -2.28. The maximum atomic E-state index is 12.9. The largest absolute Gasteiger partial charge is 0.490 e. The van der Waals surface area contributed by atoms with E-state index in [0.717, 1.165) is 11.4 Å². The Balaban J connectivity index is 1.34. The van der Waals surface area contributed by atoms with Gasteiger partial charge in [0.25, 0.3) is 11.8 Å². The van der Waals surface area contributed by atoms with Gasteiger partial charge in [0.05, 0.1) is 30.2 Å². The van der Waals surface area contributed by atoms with Crippen molar-refractivity contribution in [1.82, 2.24) is 5.01 Å². The van der Waals surface area contributed by atoms with Crippen molar-refractivity contribution in [2.24, 2.45) is 28.8 Å². The Morgan fingerprint density at radius 3 is 2.46 bits per heavy atom. The number of fused-ring (bicyclic) bond motifs is 5. The summed E-state index contributed by atoms with van der Waals surface area (Å²) in [4.78, 5) is 36.9. The van der Waals surface area contributed by atoms with Crippen LogP contribution in [0.5, 0.6) is 11.5 Å². The smallest absolute Gasteiger partial charge is 0.335 e. The number of allylic oxidation sites excluding steroid dienone is 2. The fourth-order valence-corrected chi connectivity index (χ4v) is 5.53. The van der Waals surface area contributed by atoms with E-state index in [9.17, 15) is 19.5 Å². The summed E-state index contributed by atoms with van der Waals surface area (Å²) in [6.07, 6.45) is 6.44. The van der Waals surface area contributed by atoms with Gasteiger partial charge in [-0.15, -0.1) is 0 Å². The molecule has 0 spiro atoms. The number of hydrogen-bond donors (Lipinski definition) is 1. The molecule has 2 aromatic carbocycles. The molecule has 1 aliphatic heterocycles. The third kappa shape index (κ3) is 4.25. The third-order valence-corrected chi connectivity index (χ3v) is 7.38. The van der Waals surface area contributed by atoms with Gasteiger partial charge in [-0.05, 0) is 70.9 Å². The number of carboxylic acids is 1. The second kappa shape index (κ2) is 9.30. The molecule has 35 heavy (non-hydrogen) atoms. The number of benzene rings is 2. The molecule has 9 heteroatoms. The Kier molecular flexibility index (Phi) is 6.19. The summed E-state index contributed by atoms with van der Waals surface area (Å²) in [6.45, 7) is 2.39. The van der Waals surface area contributed by atoms with Crippen molar-refractivity contribution >= 4 is 39.9 Å². The Bertz CT molecular complexity index is 1240. The summed E-state index contributed by atoms with van der Waals surface area (Å²) in [5.41, 5.74) is 1.50. The van der Waals surface area contributed by atoms with Gasteiger partial charge in [0, 0.05) is 10.0 Å². The second-order valence-electron chi connectivity index (χ2n) is 8.78. The van der Waals surface area contributed by atoms with Gasteiger partial charge in [-0.25, -0.2) is 4.79 Å². The van der Waals surface area contributed by atoms with Gasteiger partial charge in [0.1, 0.15) is 6.61 Å². The van der Waals surface area contributed by atoms with Crippen molar-refractivity contribution in [3.05, 3.63) is 69.7 Å². The van der Waals surface area contributed by atoms with Crippen LogP contribution in [0.1, 0.15) is 34.8 Å². The van der Waals surface area contributed by atoms with E-state index in [4.69, 9.17) is 9.47 Å². The van der Waals surface area contributed by atoms with Crippen LogP contribution >= 0.6 is 15.9 Å². The van der Waals surface area contributed by atoms with Gasteiger partial charge in [-0.2, -0.15) is 10.1 Å². The molecule has 2 amide bonds. The minimum Gasteiger partial charge on any atom is -0.490 e. The Labute approximate surface area is 210 Å². The lowest BCUT2D eigenvalue weighted by Gasteiger charge is -2.15. The molecule has 2 bridgehead atoms. The number of carbonyl (C=O) groups excluding carboxylic acids is 2. The monoisotopic (exact) mass is 538 g/mol. The molecule has 1 heterocycles. The van der Waals surface area contributed by atoms with E-state index in [1.165, 1.54) is 12.3 Å². The number of halogens is 1. The highest BCUT2D eigenvalue weighted by atomic mass is 79.9. The molecule has 3 aliphatic rings. The quantitative estimate of drug-likeness (QED) is 0.305. The minimum absolute atomic E-state index is 0.130. The van der Waals surface area contributed by atoms with E-state index >= 15 is 0 Å². The fourth-order valence-electron chi connectivity index (χ4n) is 5.11. The zero-order chi connectivity index (χ0) is 24.7. The van der Waals surface area contributed by atoms with Gasteiger partial charge in [-0.1, -0.05) is 24.3 Å². The normalized spacial score (nSPS) is 24.5. The predicted octanol–water partition coefficient (Wildman–Crippen LogP) is 4.27. The van der Waals surface area contributed by atoms with E-state index in [0.29, 0.717) is 33.7 Å². The summed E-state index contributed by atoms with van der Waals surface area (Å²) in [5, 5.41) is 14.4. The number of aromatic carboxylic acids is 1. The summed E-state index contributed by atoms with van der Waals surface area (Å²) in [5.74, 6) is -0.894. The number of hydrogen-bond acceptors (Lipinski definition) is 6. The lowest BCUT2D eigenvalue weighted by molar-refractivity contribution is -0.140. The van der Waals surface area contributed by atoms with Crippen LogP contribution in [0.3, 0.4) is 0 Å². The van der Waals surface area contributed by atoms with E-state index in [1.54, 1.807) is 30.3 Å². The van der Waals surface area contributed by atoms with Crippen molar-refractivity contribution in [2.75, 3.05) is 6.61 Å². The van der Waals surface area contributed by atoms with Gasteiger partial charge < -0.3 is 14.6 Å². The number of hydrazone groups is 1. The fraction of sp³-hybridized carbons (Fsp3) is 0.308. The highest BCUT2D eigenvalue weighted by molar-refractivity contribution is 9.10. The zero-order valence-electron chi connectivity index (χ0n) is 18.9. The number of carbonyl (C=O) groups is 3. The van der Waals surface area contributed by atoms with Crippen LogP contribution in [-0.2, 0) is 16.2 Å². The van der Waals surface area contributed by atoms with Crippen LogP contribution in [0.25, 0.3) is 0 Å². The van der Waals surface area contributed by atoms with E-state index in [-0.39, 0.29) is 47.7 Å². The van der Waals surface area contributed by atoms with Crippen molar-refractivity contribution in [2.45, 2.75) is 20.0 Å². The molecule has 1 saturated carbocycles. The molecule has 8 nitrogen and oxygen atoms in total. The highest BCUT2D eigenvalue weighted by Crippen LogP contribution is 2.52.